The first-order valence-electron chi connectivity index (χ1n) is 4.68. The van der Waals surface area contributed by atoms with Gasteiger partial charge < -0.3 is 14.7 Å². The minimum Gasteiger partial charge on any atom is -0.481 e. The van der Waals surface area contributed by atoms with Crippen LogP contribution in [0.4, 0.5) is 0 Å². The molecule has 1 aliphatic rings. The molecule has 0 aromatic rings. The van der Waals surface area contributed by atoms with Gasteiger partial charge in [-0.3, -0.25) is 9.59 Å². The molecular formula is C9H15NO5. The van der Waals surface area contributed by atoms with E-state index in [1.807, 2.05) is 0 Å². The van der Waals surface area contributed by atoms with Crippen LogP contribution in [0, 0.1) is 11.8 Å². The highest BCUT2D eigenvalue weighted by Gasteiger charge is 2.35. The number of hydrogen-bond donors (Lipinski definition) is 1. The lowest BCUT2D eigenvalue weighted by Crippen LogP contribution is -2.45. The molecule has 86 valence electrons. The minimum atomic E-state index is -0.911. The number of carboxylic acids is 1. The van der Waals surface area contributed by atoms with E-state index in [-0.39, 0.29) is 5.97 Å². The number of carbonyl (C=O) groups is 2. The summed E-state index contributed by atoms with van der Waals surface area (Å²) in [6.07, 6.45) is 0.307. The largest absolute Gasteiger partial charge is 0.481 e. The van der Waals surface area contributed by atoms with Crippen molar-refractivity contribution in [3.8, 4) is 0 Å². The lowest BCUT2D eigenvalue weighted by Gasteiger charge is -2.32. The molecule has 0 bridgehead atoms. The second-order valence-electron chi connectivity index (χ2n) is 3.52. The van der Waals surface area contributed by atoms with E-state index in [4.69, 9.17) is 9.94 Å². The number of rotatable bonds is 3. The highest BCUT2D eigenvalue weighted by molar-refractivity contribution is 5.75. The minimum absolute atomic E-state index is 0.305. The highest BCUT2D eigenvalue weighted by atomic mass is 16.7. The number of nitrogens with zero attached hydrogens (tertiary/aromatic N) is 1. The van der Waals surface area contributed by atoms with Gasteiger partial charge in [-0.05, 0) is 6.42 Å². The quantitative estimate of drug-likeness (QED) is 0.656. The topological polar surface area (TPSA) is 76.1 Å². The van der Waals surface area contributed by atoms with Gasteiger partial charge in [0.05, 0.1) is 26.1 Å². The van der Waals surface area contributed by atoms with Gasteiger partial charge in [0.1, 0.15) is 0 Å². The SMILES string of the molecule is COC(=O)C1CC(C(=O)O)CN(OC)C1. The summed E-state index contributed by atoms with van der Waals surface area (Å²) >= 11 is 0. The molecule has 0 amide bonds. The van der Waals surface area contributed by atoms with Crippen LogP contribution in [0.5, 0.6) is 0 Å². The predicted molar refractivity (Wildman–Crippen MR) is 49.8 cm³/mol. The van der Waals surface area contributed by atoms with Crippen LogP contribution in [0.25, 0.3) is 0 Å². The third kappa shape index (κ3) is 2.90. The fourth-order valence-corrected chi connectivity index (χ4v) is 1.72. The van der Waals surface area contributed by atoms with Crippen molar-refractivity contribution in [2.45, 2.75) is 6.42 Å². The van der Waals surface area contributed by atoms with Gasteiger partial charge in [-0.1, -0.05) is 0 Å². The number of hydroxylamine groups is 2. The summed E-state index contributed by atoms with van der Waals surface area (Å²) in [6, 6.07) is 0. The molecule has 6 heteroatoms. The molecule has 1 heterocycles. The van der Waals surface area contributed by atoms with E-state index >= 15 is 0 Å². The Morgan fingerprint density at radius 1 is 1.27 bits per heavy atom. The molecule has 0 radical (unpaired) electrons. The molecule has 15 heavy (non-hydrogen) atoms. The highest BCUT2D eigenvalue weighted by Crippen LogP contribution is 2.23. The van der Waals surface area contributed by atoms with Crippen LogP contribution in [0.2, 0.25) is 0 Å². The Balaban J connectivity index is 2.66. The Kier molecular flexibility index (Phi) is 4.05. The average Bonchev–Trinajstić information content (AvgIpc) is 2.27. The summed E-state index contributed by atoms with van der Waals surface area (Å²) in [5, 5.41) is 10.4. The standard InChI is InChI=1S/C9H15NO5/c1-14-9(13)7-3-6(8(11)12)4-10(5-7)15-2/h6-7H,3-5H2,1-2H3,(H,11,12). The van der Waals surface area contributed by atoms with Crippen LogP contribution in [-0.4, -0.2) is 49.4 Å². The first-order chi connectivity index (χ1) is 7.08. The van der Waals surface area contributed by atoms with Gasteiger partial charge >= 0.3 is 11.9 Å². The molecule has 0 aromatic carbocycles. The van der Waals surface area contributed by atoms with E-state index in [1.165, 1.54) is 19.3 Å². The van der Waals surface area contributed by atoms with Gasteiger partial charge in [0.2, 0.25) is 0 Å². The molecule has 0 saturated carbocycles. The van der Waals surface area contributed by atoms with Gasteiger partial charge in [-0.2, -0.15) is 5.06 Å². The van der Waals surface area contributed by atoms with E-state index in [1.54, 1.807) is 0 Å². The van der Waals surface area contributed by atoms with E-state index in [9.17, 15) is 9.59 Å². The Labute approximate surface area is 87.7 Å². The second kappa shape index (κ2) is 5.09. The van der Waals surface area contributed by atoms with Crippen LogP contribution >= 0.6 is 0 Å². The van der Waals surface area contributed by atoms with Crippen molar-refractivity contribution in [1.29, 1.82) is 0 Å². The molecule has 1 rings (SSSR count). The number of methoxy groups -OCH3 is 1. The first-order valence-corrected chi connectivity index (χ1v) is 4.68. The molecule has 0 spiro atoms. The Morgan fingerprint density at radius 3 is 2.33 bits per heavy atom. The summed E-state index contributed by atoms with van der Waals surface area (Å²) < 4.78 is 4.60. The van der Waals surface area contributed by atoms with Gasteiger partial charge in [0.25, 0.3) is 0 Å². The fourth-order valence-electron chi connectivity index (χ4n) is 1.72. The molecule has 1 fully saturated rings. The van der Waals surface area contributed by atoms with Crippen molar-refractivity contribution in [2.24, 2.45) is 11.8 Å². The molecule has 2 unspecified atom stereocenters. The van der Waals surface area contributed by atoms with Crippen molar-refractivity contribution in [2.75, 3.05) is 27.3 Å². The number of piperidine rings is 1. The maximum absolute atomic E-state index is 11.3. The molecule has 0 aliphatic carbocycles. The van der Waals surface area contributed by atoms with E-state index < -0.39 is 17.8 Å². The number of ether oxygens (including phenoxy) is 1. The van der Waals surface area contributed by atoms with Crippen molar-refractivity contribution in [3.05, 3.63) is 0 Å². The maximum Gasteiger partial charge on any atom is 0.310 e. The van der Waals surface area contributed by atoms with Gasteiger partial charge in [-0.15, -0.1) is 0 Å². The summed E-state index contributed by atoms with van der Waals surface area (Å²) in [6.45, 7) is 0.687. The predicted octanol–water partition coefficient (Wildman–Crippen LogP) is -0.256. The zero-order valence-corrected chi connectivity index (χ0v) is 8.80. The lowest BCUT2D eigenvalue weighted by atomic mass is 9.90. The fraction of sp³-hybridized carbons (Fsp3) is 0.778. The zero-order chi connectivity index (χ0) is 11.4. The van der Waals surface area contributed by atoms with Crippen LogP contribution in [0.15, 0.2) is 0 Å². The van der Waals surface area contributed by atoms with E-state index in [0.717, 1.165) is 0 Å². The second-order valence-corrected chi connectivity index (χ2v) is 3.52. The van der Waals surface area contributed by atoms with Crippen LogP contribution in [0.1, 0.15) is 6.42 Å². The van der Waals surface area contributed by atoms with E-state index in [0.29, 0.717) is 19.5 Å². The van der Waals surface area contributed by atoms with Gasteiger partial charge in [-0.25, -0.2) is 0 Å². The summed E-state index contributed by atoms with van der Waals surface area (Å²) in [5.41, 5.74) is 0. The molecule has 1 saturated heterocycles. The number of carbonyl (C=O) groups excluding carboxylic acids is 1. The normalized spacial score (nSPS) is 27.3. The number of hydrogen-bond acceptors (Lipinski definition) is 5. The Hall–Kier alpha value is -1.14. The zero-order valence-electron chi connectivity index (χ0n) is 8.80. The number of carboxylic acid groups (broad SMARTS) is 1. The maximum atomic E-state index is 11.3. The summed E-state index contributed by atoms with van der Waals surface area (Å²) in [7, 11) is 2.75. The number of esters is 1. The lowest BCUT2D eigenvalue weighted by molar-refractivity contribution is -0.185. The van der Waals surface area contributed by atoms with E-state index in [2.05, 4.69) is 4.74 Å². The van der Waals surface area contributed by atoms with Crippen LogP contribution < -0.4 is 0 Å². The third-order valence-corrected chi connectivity index (χ3v) is 2.56. The monoisotopic (exact) mass is 217 g/mol. The molecule has 0 aromatic heterocycles. The number of aliphatic carboxylic acids is 1. The Bertz CT molecular complexity index is 255. The summed E-state index contributed by atoms with van der Waals surface area (Å²) in [4.78, 5) is 27.1. The smallest absolute Gasteiger partial charge is 0.310 e. The van der Waals surface area contributed by atoms with Gasteiger partial charge in [0, 0.05) is 13.1 Å². The van der Waals surface area contributed by atoms with Crippen molar-refractivity contribution in [3.63, 3.8) is 0 Å². The molecule has 1 aliphatic heterocycles. The van der Waals surface area contributed by atoms with Crippen molar-refractivity contribution in [1.82, 2.24) is 5.06 Å². The Morgan fingerprint density at radius 2 is 1.87 bits per heavy atom. The van der Waals surface area contributed by atoms with Crippen LogP contribution in [0.3, 0.4) is 0 Å². The molecule has 1 N–H and O–H groups in total. The molecular weight excluding hydrogens is 202 g/mol. The van der Waals surface area contributed by atoms with Crippen molar-refractivity contribution >= 4 is 11.9 Å². The summed E-state index contributed by atoms with van der Waals surface area (Å²) in [5.74, 6) is -2.30. The average molecular weight is 217 g/mol. The van der Waals surface area contributed by atoms with Crippen LogP contribution in [-0.2, 0) is 19.2 Å². The first kappa shape index (κ1) is 11.9. The molecule has 6 nitrogen and oxygen atoms in total. The molecule has 2 atom stereocenters. The van der Waals surface area contributed by atoms with Crippen molar-refractivity contribution < 1.29 is 24.3 Å². The third-order valence-electron chi connectivity index (χ3n) is 2.56. The van der Waals surface area contributed by atoms with Gasteiger partial charge in [0.15, 0.2) is 0 Å².